The number of fused-ring (bicyclic) bond motifs is 1. The zero-order valence-electron chi connectivity index (χ0n) is 16.1. The van der Waals surface area contributed by atoms with Crippen LogP contribution in [0.3, 0.4) is 0 Å². The third-order valence-electron chi connectivity index (χ3n) is 5.41. The Morgan fingerprint density at radius 2 is 1.82 bits per heavy atom. The minimum absolute atomic E-state index is 0.235. The lowest BCUT2D eigenvalue weighted by Gasteiger charge is -2.34. The lowest BCUT2D eigenvalue weighted by molar-refractivity contribution is 0.102. The molecule has 1 aromatic carbocycles. The van der Waals surface area contributed by atoms with Crippen LogP contribution in [0.25, 0.3) is 0 Å². The number of aromatic nitrogens is 1. The van der Waals surface area contributed by atoms with E-state index in [0.29, 0.717) is 35.6 Å². The van der Waals surface area contributed by atoms with Crippen LogP contribution in [-0.2, 0) is 22.9 Å². The van der Waals surface area contributed by atoms with E-state index in [9.17, 15) is 13.2 Å². The van der Waals surface area contributed by atoms with Gasteiger partial charge in [0.2, 0.25) is 10.0 Å². The number of thiazole rings is 1. The Kier molecular flexibility index (Phi) is 5.28. The summed E-state index contributed by atoms with van der Waals surface area (Å²) in [5.41, 5.74) is 1.52. The predicted octanol–water partition coefficient (Wildman–Crippen LogP) is 3.55. The van der Waals surface area contributed by atoms with Gasteiger partial charge in [0, 0.05) is 23.5 Å². The summed E-state index contributed by atoms with van der Waals surface area (Å²) in [6.07, 6.45) is 4.18. The van der Waals surface area contributed by atoms with Crippen molar-refractivity contribution in [3.63, 3.8) is 0 Å². The molecule has 1 aromatic heterocycles. The number of hydrogen-bond donors (Lipinski definition) is 1. The largest absolute Gasteiger partial charge is 0.298 e. The molecule has 1 amide bonds. The molecule has 2 heterocycles. The van der Waals surface area contributed by atoms with Gasteiger partial charge in [0.25, 0.3) is 5.91 Å². The second-order valence-corrected chi connectivity index (χ2v) is 11.0. The van der Waals surface area contributed by atoms with Crippen molar-refractivity contribution in [1.82, 2.24) is 9.29 Å². The highest BCUT2D eigenvalue weighted by atomic mass is 32.2. The average Bonchev–Trinajstić information content (AvgIpc) is 3.22. The molecule has 1 N–H and O–H groups in total. The van der Waals surface area contributed by atoms with Crippen LogP contribution in [0.2, 0.25) is 0 Å². The lowest BCUT2D eigenvalue weighted by atomic mass is 9.94. The van der Waals surface area contributed by atoms with E-state index < -0.39 is 10.0 Å². The van der Waals surface area contributed by atoms with Gasteiger partial charge in [-0.1, -0.05) is 13.8 Å². The Bertz CT molecular complexity index is 951. The van der Waals surface area contributed by atoms with Gasteiger partial charge in [-0.15, -0.1) is 11.3 Å². The molecule has 6 nitrogen and oxygen atoms in total. The number of sulfonamides is 1. The summed E-state index contributed by atoms with van der Waals surface area (Å²) < 4.78 is 27.5. The number of carbonyl (C=O) groups excluding carboxylic acids is 1. The molecule has 28 heavy (non-hydrogen) atoms. The highest BCUT2D eigenvalue weighted by molar-refractivity contribution is 7.89. The lowest BCUT2D eigenvalue weighted by Crippen LogP contribution is -2.42. The number of nitrogens with one attached hydrogen (secondary N) is 1. The summed E-state index contributed by atoms with van der Waals surface area (Å²) in [6.45, 7) is 5.26. The third-order valence-corrected chi connectivity index (χ3v) is 8.32. The number of carbonyl (C=O) groups is 1. The fourth-order valence-electron chi connectivity index (χ4n) is 4.14. The SMILES string of the molecule is C[C@H]1C[C@H](C)CN(S(=O)(=O)c2ccc(C(=O)Nc3nc4c(s3)CCC4)cc2)C1. The van der Waals surface area contributed by atoms with Crippen molar-refractivity contribution in [2.75, 3.05) is 18.4 Å². The molecule has 1 aliphatic carbocycles. The third kappa shape index (κ3) is 3.86. The van der Waals surface area contributed by atoms with Gasteiger partial charge in [-0.05, 0) is 61.8 Å². The number of amides is 1. The molecule has 0 radical (unpaired) electrons. The van der Waals surface area contributed by atoms with Crippen molar-refractivity contribution in [1.29, 1.82) is 0 Å². The molecule has 0 bridgehead atoms. The molecular weight excluding hydrogens is 394 g/mol. The van der Waals surface area contributed by atoms with Gasteiger partial charge in [0.1, 0.15) is 0 Å². The van der Waals surface area contributed by atoms with Crippen LogP contribution in [0.4, 0.5) is 5.13 Å². The molecular formula is C20H25N3O3S2. The molecule has 0 spiro atoms. The highest BCUT2D eigenvalue weighted by Gasteiger charge is 2.31. The van der Waals surface area contributed by atoms with E-state index in [1.165, 1.54) is 28.3 Å². The minimum atomic E-state index is -3.54. The summed E-state index contributed by atoms with van der Waals surface area (Å²) >= 11 is 1.53. The second kappa shape index (κ2) is 7.57. The van der Waals surface area contributed by atoms with Crippen LogP contribution in [0.5, 0.6) is 0 Å². The first kappa shape index (κ1) is 19.5. The molecule has 2 aliphatic rings. The van der Waals surface area contributed by atoms with Crippen LogP contribution < -0.4 is 5.32 Å². The Morgan fingerprint density at radius 3 is 2.46 bits per heavy atom. The van der Waals surface area contributed by atoms with Crippen molar-refractivity contribution in [2.45, 2.75) is 44.4 Å². The molecule has 1 fully saturated rings. The number of nitrogens with zero attached hydrogens (tertiary/aromatic N) is 2. The van der Waals surface area contributed by atoms with E-state index in [2.05, 4.69) is 24.1 Å². The molecule has 2 aromatic rings. The van der Waals surface area contributed by atoms with Crippen molar-refractivity contribution in [3.8, 4) is 0 Å². The number of piperidine rings is 1. The van der Waals surface area contributed by atoms with Crippen LogP contribution in [-0.4, -0.2) is 36.7 Å². The molecule has 4 rings (SSSR count). The van der Waals surface area contributed by atoms with Gasteiger partial charge in [0.15, 0.2) is 5.13 Å². The number of benzene rings is 1. The second-order valence-electron chi connectivity index (χ2n) is 7.99. The first-order valence-corrected chi connectivity index (χ1v) is 12.0. The van der Waals surface area contributed by atoms with E-state index in [4.69, 9.17) is 0 Å². The molecule has 0 unspecified atom stereocenters. The fourth-order valence-corrected chi connectivity index (χ4v) is 6.87. The first-order chi connectivity index (χ1) is 13.3. The van der Waals surface area contributed by atoms with Gasteiger partial charge in [-0.2, -0.15) is 4.31 Å². The zero-order valence-corrected chi connectivity index (χ0v) is 17.8. The molecule has 1 saturated heterocycles. The number of rotatable bonds is 4. The van der Waals surface area contributed by atoms with Crippen molar-refractivity contribution in [2.24, 2.45) is 11.8 Å². The summed E-state index contributed by atoms with van der Waals surface area (Å²) in [6, 6.07) is 6.19. The minimum Gasteiger partial charge on any atom is -0.298 e. The van der Waals surface area contributed by atoms with Crippen molar-refractivity contribution >= 4 is 32.4 Å². The topological polar surface area (TPSA) is 79.4 Å². The van der Waals surface area contributed by atoms with E-state index >= 15 is 0 Å². The molecule has 8 heteroatoms. The summed E-state index contributed by atoms with van der Waals surface area (Å²) in [5.74, 6) is 0.434. The van der Waals surface area contributed by atoms with E-state index in [1.807, 2.05) is 0 Å². The normalized spacial score (nSPS) is 22.8. The molecule has 1 aliphatic heterocycles. The first-order valence-electron chi connectivity index (χ1n) is 9.73. The van der Waals surface area contributed by atoms with Crippen LogP contribution in [0.15, 0.2) is 29.2 Å². The maximum atomic E-state index is 12.9. The van der Waals surface area contributed by atoms with Gasteiger partial charge < -0.3 is 0 Å². The Labute approximate surface area is 170 Å². The number of aryl methyl sites for hydroxylation is 2. The Balaban J connectivity index is 1.47. The van der Waals surface area contributed by atoms with Gasteiger partial charge in [-0.25, -0.2) is 13.4 Å². The van der Waals surface area contributed by atoms with E-state index in [1.54, 1.807) is 16.4 Å². The van der Waals surface area contributed by atoms with Crippen molar-refractivity contribution in [3.05, 3.63) is 40.4 Å². The van der Waals surface area contributed by atoms with Crippen LogP contribution in [0, 0.1) is 11.8 Å². The smallest absolute Gasteiger partial charge is 0.257 e. The van der Waals surface area contributed by atoms with Gasteiger partial charge in [0.05, 0.1) is 10.6 Å². The molecule has 2 atom stereocenters. The highest BCUT2D eigenvalue weighted by Crippen LogP contribution is 2.31. The number of anilines is 1. The average molecular weight is 420 g/mol. The standard InChI is InChI=1S/C20H25N3O3S2/c1-13-10-14(2)12-23(11-13)28(25,26)16-8-6-15(7-9-16)19(24)22-20-21-17-4-3-5-18(17)27-20/h6-9,13-14H,3-5,10-12H2,1-2H3,(H,21,22,24)/t13-,14-/m0/s1. The molecule has 0 saturated carbocycles. The predicted molar refractivity (Wildman–Crippen MR) is 110 cm³/mol. The summed E-state index contributed by atoms with van der Waals surface area (Å²) in [4.78, 5) is 18.4. The zero-order chi connectivity index (χ0) is 19.9. The quantitative estimate of drug-likeness (QED) is 0.822. The van der Waals surface area contributed by atoms with Gasteiger partial charge in [-0.3, -0.25) is 10.1 Å². The number of hydrogen-bond acceptors (Lipinski definition) is 5. The Hall–Kier alpha value is -1.77. The van der Waals surface area contributed by atoms with E-state index in [0.717, 1.165) is 31.4 Å². The van der Waals surface area contributed by atoms with Crippen molar-refractivity contribution < 1.29 is 13.2 Å². The fraction of sp³-hybridized carbons (Fsp3) is 0.500. The maximum Gasteiger partial charge on any atom is 0.257 e. The van der Waals surface area contributed by atoms with Crippen LogP contribution in [0.1, 0.15) is 47.6 Å². The summed E-state index contributed by atoms with van der Waals surface area (Å²) in [7, 11) is -3.54. The van der Waals surface area contributed by atoms with E-state index in [-0.39, 0.29) is 10.8 Å². The van der Waals surface area contributed by atoms with Crippen LogP contribution >= 0.6 is 11.3 Å². The Morgan fingerprint density at radius 1 is 1.14 bits per heavy atom. The summed E-state index contributed by atoms with van der Waals surface area (Å²) in [5, 5.41) is 3.44. The monoisotopic (exact) mass is 419 g/mol. The maximum absolute atomic E-state index is 12.9. The van der Waals surface area contributed by atoms with Gasteiger partial charge >= 0.3 is 0 Å². The molecule has 150 valence electrons.